The van der Waals surface area contributed by atoms with Gasteiger partial charge < -0.3 is 10.4 Å². The number of carbonyl (C=O) groups excluding carboxylic acids is 1. The Morgan fingerprint density at radius 3 is 2.58 bits per heavy atom. The van der Waals surface area contributed by atoms with E-state index in [1.807, 2.05) is 23.6 Å². The SMILES string of the molecule is Cc1sc2c(c1C)C(c1ccc(Cl)cc1)=N[C@@H](CC(=O)NCC(=O)O)c1nnc(C)n1-2. The highest BCUT2D eigenvalue weighted by molar-refractivity contribution is 7.15. The summed E-state index contributed by atoms with van der Waals surface area (Å²) in [6.45, 7) is 5.52. The smallest absolute Gasteiger partial charge is 0.322 e. The van der Waals surface area contributed by atoms with Crippen LogP contribution in [0.25, 0.3) is 5.00 Å². The zero-order valence-corrected chi connectivity index (χ0v) is 18.7. The Kier molecular flexibility index (Phi) is 5.63. The molecule has 10 heteroatoms. The number of benzene rings is 1. The van der Waals surface area contributed by atoms with E-state index >= 15 is 0 Å². The van der Waals surface area contributed by atoms with Gasteiger partial charge in [-0.1, -0.05) is 23.7 Å². The Bertz CT molecular complexity index is 1210. The molecule has 160 valence electrons. The average molecular weight is 458 g/mol. The first-order valence-corrected chi connectivity index (χ1v) is 10.8. The standard InChI is InChI=1S/C21H20ClN5O3S/c1-10-11(2)31-21-18(10)19(13-4-6-14(22)7-5-13)24-15(8-16(28)23-9-17(29)30)20-26-25-12(3)27(20)21/h4-7,15H,8-9H2,1-3H3,(H,23,28)(H,29,30)/t15-/m0/s1. The highest BCUT2D eigenvalue weighted by Crippen LogP contribution is 2.39. The van der Waals surface area contributed by atoms with Crippen molar-refractivity contribution in [3.05, 3.63) is 62.5 Å². The van der Waals surface area contributed by atoms with E-state index in [2.05, 4.69) is 29.4 Å². The lowest BCUT2D eigenvalue weighted by Crippen LogP contribution is -2.30. The first kappa shape index (κ1) is 21.2. The van der Waals surface area contributed by atoms with E-state index in [9.17, 15) is 9.59 Å². The number of aryl methyl sites for hydroxylation is 2. The lowest BCUT2D eigenvalue weighted by molar-refractivity contribution is -0.138. The second kappa shape index (κ2) is 8.24. The van der Waals surface area contributed by atoms with Gasteiger partial charge in [-0.2, -0.15) is 0 Å². The number of halogens is 1. The molecule has 1 aliphatic rings. The number of carboxylic acid groups (broad SMARTS) is 1. The van der Waals surface area contributed by atoms with Crippen LogP contribution in [-0.2, 0) is 9.59 Å². The van der Waals surface area contributed by atoms with Gasteiger partial charge in [0.2, 0.25) is 5.91 Å². The number of amides is 1. The minimum atomic E-state index is -1.10. The predicted molar refractivity (Wildman–Crippen MR) is 119 cm³/mol. The normalized spacial score (nSPS) is 15.0. The van der Waals surface area contributed by atoms with Gasteiger partial charge in [-0.05, 0) is 38.5 Å². The minimum Gasteiger partial charge on any atom is -0.480 e. The summed E-state index contributed by atoms with van der Waals surface area (Å²) in [4.78, 5) is 29.4. The van der Waals surface area contributed by atoms with Gasteiger partial charge in [-0.3, -0.25) is 19.1 Å². The molecule has 1 aromatic carbocycles. The fourth-order valence-corrected chi connectivity index (χ4v) is 4.89. The second-order valence-electron chi connectivity index (χ2n) is 7.28. The number of aliphatic imine (C=N–C) groups is 1. The number of carbonyl (C=O) groups is 2. The van der Waals surface area contributed by atoms with Crippen molar-refractivity contribution in [2.45, 2.75) is 33.2 Å². The van der Waals surface area contributed by atoms with E-state index in [1.165, 1.54) is 0 Å². The molecule has 0 spiro atoms. The van der Waals surface area contributed by atoms with Crippen LogP contribution in [0.3, 0.4) is 0 Å². The van der Waals surface area contributed by atoms with Crippen LogP contribution >= 0.6 is 22.9 Å². The van der Waals surface area contributed by atoms with Crippen molar-refractivity contribution in [2.75, 3.05) is 6.54 Å². The summed E-state index contributed by atoms with van der Waals surface area (Å²) in [5, 5.41) is 21.4. The van der Waals surface area contributed by atoms with Gasteiger partial charge in [0, 0.05) is 21.0 Å². The number of hydrogen-bond donors (Lipinski definition) is 2. The summed E-state index contributed by atoms with van der Waals surface area (Å²) in [5.41, 5.74) is 3.69. The Hall–Kier alpha value is -3.04. The third-order valence-corrected chi connectivity index (χ3v) is 6.62. The van der Waals surface area contributed by atoms with Crippen LogP contribution in [0.1, 0.15) is 45.7 Å². The third kappa shape index (κ3) is 3.98. The number of fused-ring (bicyclic) bond motifs is 3. The maximum atomic E-state index is 12.4. The largest absolute Gasteiger partial charge is 0.480 e. The van der Waals surface area contributed by atoms with Crippen molar-refractivity contribution < 1.29 is 14.7 Å². The summed E-state index contributed by atoms with van der Waals surface area (Å²) in [6, 6.07) is 6.78. The molecule has 0 bridgehead atoms. The third-order valence-electron chi connectivity index (χ3n) is 5.17. The van der Waals surface area contributed by atoms with Crippen molar-refractivity contribution >= 4 is 40.5 Å². The fourth-order valence-electron chi connectivity index (χ4n) is 3.55. The number of thiophene rings is 1. The number of nitrogens with one attached hydrogen (secondary N) is 1. The molecule has 2 aromatic heterocycles. The highest BCUT2D eigenvalue weighted by atomic mass is 35.5. The van der Waals surface area contributed by atoms with Crippen LogP contribution in [0.4, 0.5) is 0 Å². The van der Waals surface area contributed by atoms with E-state index in [1.54, 1.807) is 23.5 Å². The zero-order chi connectivity index (χ0) is 22.3. The molecule has 8 nitrogen and oxygen atoms in total. The van der Waals surface area contributed by atoms with Gasteiger partial charge in [-0.15, -0.1) is 21.5 Å². The van der Waals surface area contributed by atoms with Crippen molar-refractivity contribution in [3.8, 4) is 5.00 Å². The Labute approximate surface area is 187 Å². The molecule has 3 aromatic rings. The molecule has 1 aliphatic heterocycles. The number of hydrogen-bond acceptors (Lipinski definition) is 6. The summed E-state index contributed by atoms with van der Waals surface area (Å²) in [6.07, 6.45) is -0.0462. The molecule has 31 heavy (non-hydrogen) atoms. The molecule has 2 N–H and O–H groups in total. The van der Waals surface area contributed by atoms with E-state index in [-0.39, 0.29) is 6.42 Å². The Morgan fingerprint density at radius 1 is 1.19 bits per heavy atom. The second-order valence-corrected chi connectivity index (χ2v) is 8.92. The minimum absolute atomic E-state index is 0.0462. The van der Waals surface area contributed by atoms with Gasteiger partial charge in [0.15, 0.2) is 5.82 Å². The van der Waals surface area contributed by atoms with E-state index in [4.69, 9.17) is 21.7 Å². The summed E-state index contributed by atoms with van der Waals surface area (Å²) in [5.74, 6) is -0.278. The van der Waals surface area contributed by atoms with Gasteiger partial charge in [0.1, 0.15) is 23.4 Å². The molecule has 1 atom stereocenters. The highest BCUT2D eigenvalue weighted by Gasteiger charge is 2.32. The molecule has 0 fully saturated rings. The molecule has 0 radical (unpaired) electrons. The maximum absolute atomic E-state index is 12.4. The topological polar surface area (TPSA) is 109 Å². The number of rotatable bonds is 5. The van der Waals surface area contributed by atoms with E-state index < -0.39 is 24.5 Å². The van der Waals surface area contributed by atoms with Gasteiger partial charge in [0.25, 0.3) is 0 Å². The molecule has 4 rings (SSSR count). The summed E-state index contributed by atoms with van der Waals surface area (Å²) < 4.78 is 1.95. The molecular formula is C21H20ClN5O3S. The van der Waals surface area contributed by atoms with Crippen molar-refractivity contribution in [1.29, 1.82) is 0 Å². The van der Waals surface area contributed by atoms with E-state index in [0.29, 0.717) is 16.7 Å². The molecule has 0 saturated carbocycles. The monoisotopic (exact) mass is 457 g/mol. The number of carboxylic acids is 1. The molecular weight excluding hydrogens is 438 g/mol. The van der Waals surface area contributed by atoms with Crippen molar-refractivity contribution in [3.63, 3.8) is 0 Å². The number of aliphatic carboxylic acids is 1. The summed E-state index contributed by atoms with van der Waals surface area (Å²) >= 11 is 7.72. The number of nitrogens with zero attached hydrogens (tertiary/aromatic N) is 4. The molecule has 0 unspecified atom stereocenters. The van der Waals surface area contributed by atoms with Crippen LogP contribution in [0.2, 0.25) is 5.02 Å². The number of aromatic nitrogens is 3. The first-order chi connectivity index (χ1) is 14.8. The van der Waals surface area contributed by atoms with Crippen molar-refractivity contribution in [1.82, 2.24) is 20.1 Å². The Balaban J connectivity index is 1.88. The van der Waals surface area contributed by atoms with Crippen LogP contribution in [-0.4, -0.2) is 44.0 Å². The molecule has 3 heterocycles. The van der Waals surface area contributed by atoms with E-state index in [0.717, 1.165) is 32.3 Å². The summed E-state index contributed by atoms with van der Waals surface area (Å²) in [7, 11) is 0. The van der Waals surface area contributed by atoms with Gasteiger partial charge >= 0.3 is 5.97 Å². The Morgan fingerprint density at radius 2 is 1.90 bits per heavy atom. The quantitative estimate of drug-likeness (QED) is 0.610. The van der Waals surface area contributed by atoms with Crippen LogP contribution in [0.5, 0.6) is 0 Å². The lowest BCUT2D eigenvalue weighted by atomic mass is 9.99. The van der Waals surface area contributed by atoms with Gasteiger partial charge in [0.05, 0.1) is 12.1 Å². The lowest BCUT2D eigenvalue weighted by Gasteiger charge is -2.12. The van der Waals surface area contributed by atoms with Crippen LogP contribution in [0.15, 0.2) is 29.3 Å². The fraction of sp³-hybridized carbons (Fsp3) is 0.286. The van der Waals surface area contributed by atoms with Crippen LogP contribution in [0, 0.1) is 20.8 Å². The van der Waals surface area contributed by atoms with Crippen molar-refractivity contribution in [2.24, 2.45) is 4.99 Å². The molecule has 1 amide bonds. The predicted octanol–water partition coefficient (Wildman–Crippen LogP) is 3.39. The van der Waals surface area contributed by atoms with Crippen LogP contribution < -0.4 is 5.32 Å². The zero-order valence-electron chi connectivity index (χ0n) is 17.1. The first-order valence-electron chi connectivity index (χ1n) is 9.61. The average Bonchev–Trinajstić information content (AvgIpc) is 3.19. The van der Waals surface area contributed by atoms with Gasteiger partial charge in [-0.25, -0.2) is 0 Å². The molecule has 0 saturated heterocycles. The molecule has 0 aliphatic carbocycles. The maximum Gasteiger partial charge on any atom is 0.322 e.